The van der Waals surface area contributed by atoms with Crippen molar-refractivity contribution in [2.75, 3.05) is 5.75 Å². The second-order valence-electron chi connectivity index (χ2n) is 5.91. The van der Waals surface area contributed by atoms with Crippen LogP contribution in [-0.2, 0) is 14.6 Å². The standard InChI is InChI=1S/C16H23NO3S/c1-12-8-9-15(10-13(12)2)21(19,20)11-16(18)17-14-6-4-3-5-7-14/h8-10,14H,3-7,11H2,1-2H3,(H,17,18). The second kappa shape index (κ2) is 6.60. The summed E-state index contributed by atoms with van der Waals surface area (Å²) < 4.78 is 24.6. The van der Waals surface area contributed by atoms with Gasteiger partial charge in [-0.1, -0.05) is 25.3 Å². The van der Waals surface area contributed by atoms with E-state index < -0.39 is 15.6 Å². The number of benzene rings is 1. The lowest BCUT2D eigenvalue weighted by atomic mass is 9.95. The molecule has 21 heavy (non-hydrogen) atoms. The van der Waals surface area contributed by atoms with E-state index in [0.717, 1.165) is 36.8 Å². The first-order chi connectivity index (χ1) is 9.88. The zero-order chi connectivity index (χ0) is 15.5. The molecular formula is C16H23NO3S. The maximum atomic E-state index is 12.3. The van der Waals surface area contributed by atoms with Crippen molar-refractivity contribution in [2.45, 2.75) is 56.9 Å². The molecule has 1 aromatic carbocycles. The van der Waals surface area contributed by atoms with Gasteiger partial charge < -0.3 is 5.32 Å². The Hall–Kier alpha value is -1.36. The van der Waals surface area contributed by atoms with Gasteiger partial charge in [-0.2, -0.15) is 0 Å². The molecule has 0 heterocycles. The van der Waals surface area contributed by atoms with Gasteiger partial charge in [0.1, 0.15) is 5.75 Å². The Morgan fingerprint density at radius 3 is 2.43 bits per heavy atom. The van der Waals surface area contributed by atoms with Gasteiger partial charge in [0.25, 0.3) is 0 Å². The number of nitrogens with one attached hydrogen (secondary N) is 1. The van der Waals surface area contributed by atoms with Gasteiger partial charge in [-0.3, -0.25) is 4.79 Å². The fraction of sp³-hybridized carbons (Fsp3) is 0.562. The van der Waals surface area contributed by atoms with E-state index in [-0.39, 0.29) is 16.8 Å². The van der Waals surface area contributed by atoms with Crippen LogP contribution >= 0.6 is 0 Å². The number of aryl methyl sites for hydroxylation is 2. The Labute approximate surface area is 126 Å². The Bertz CT molecular complexity index is 616. The number of rotatable bonds is 4. The normalized spacial score (nSPS) is 16.7. The van der Waals surface area contributed by atoms with Crippen LogP contribution in [0, 0.1) is 13.8 Å². The molecule has 0 aromatic heterocycles. The average Bonchev–Trinajstić information content (AvgIpc) is 2.42. The van der Waals surface area contributed by atoms with Gasteiger partial charge in [-0.25, -0.2) is 8.42 Å². The molecule has 0 atom stereocenters. The molecule has 1 fully saturated rings. The van der Waals surface area contributed by atoms with Gasteiger partial charge in [0.15, 0.2) is 9.84 Å². The second-order valence-corrected chi connectivity index (χ2v) is 7.90. The number of sulfone groups is 1. The van der Waals surface area contributed by atoms with Crippen LogP contribution in [0.25, 0.3) is 0 Å². The van der Waals surface area contributed by atoms with Crippen LogP contribution in [0.15, 0.2) is 23.1 Å². The highest BCUT2D eigenvalue weighted by molar-refractivity contribution is 7.92. The minimum absolute atomic E-state index is 0.140. The summed E-state index contributed by atoms with van der Waals surface area (Å²) in [6, 6.07) is 5.13. The zero-order valence-corrected chi connectivity index (χ0v) is 13.5. The number of amides is 1. The molecular weight excluding hydrogens is 286 g/mol. The van der Waals surface area contributed by atoms with Gasteiger partial charge in [0.2, 0.25) is 5.91 Å². The van der Waals surface area contributed by atoms with E-state index in [1.54, 1.807) is 18.2 Å². The largest absolute Gasteiger partial charge is 0.352 e. The molecule has 116 valence electrons. The van der Waals surface area contributed by atoms with Crippen molar-refractivity contribution in [3.8, 4) is 0 Å². The van der Waals surface area contributed by atoms with E-state index in [1.165, 1.54) is 6.42 Å². The van der Waals surface area contributed by atoms with Gasteiger partial charge in [-0.05, 0) is 49.9 Å². The van der Waals surface area contributed by atoms with E-state index in [1.807, 2.05) is 13.8 Å². The third-order valence-corrected chi connectivity index (χ3v) is 5.74. The molecule has 0 bridgehead atoms. The highest BCUT2D eigenvalue weighted by atomic mass is 32.2. The molecule has 0 unspecified atom stereocenters. The summed E-state index contributed by atoms with van der Waals surface area (Å²) in [5, 5.41) is 2.85. The lowest BCUT2D eigenvalue weighted by Gasteiger charge is -2.22. The molecule has 5 heteroatoms. The summed E-state index contributed by atoms with van der Waals surface area (Å²) in [5.41, 5.74) is 1.96. The topological polar surface area (TPSA) is 63.2 Å². The molecule has 1 N–H and O–H groups in total. The van der Waals surface area contributed by atoms with Crippen LogP contribution in [0.3, 0.4) is 0 Å². The van der Waals surface area contributed by atoms with Crippen LogP contribution in [-0.4, -0.2) is 26.1 Å². The van der Waals surface area contributed by atoms with Crippen molar-refractivity contribution in [3.63, 3.8) is 0 Å². The summed E-state index contributed by atoms with van der Waals surface area (Å²) in [5.74, 6) is -0.855. The fourth-order valence-corrected chi connectivity index (χ4v) is 3.91. The van der Waals surface area contributed by atoms with Crippen molar-refractivity contribution in [2.24, 2.45) is 0 Å². The molecule has 1 aliphatic rings. The Kier molecular flexibility index (Phi) is 5.04. The SMILES string of the molecule is Cc1ccc(S(=O)(=O)CC(=O)NC2CCCCC2)cc1C. The maximum absolute atomic E-state index is 12.3. The number of hydrogen-bond donors (Lipinski definition) is 1. The summed E-state index contributed by atoms with van der Waals surface area (Å²) in [7, 11) is -3.56. The summed E-state index contributed by atoms with van der Waals surface area (Å²) >= 11 is 0. The number of carbonyl (C=O) groups excluding carboxylic acids is 1. The number of carbonyl (C=O) groups is 1. The lowest BCUT2D eigenvalue weighted by molar-refractivity contribution is -0.119. The molecule has 1 aromatic rings. The molecule has 1 aliphatic carbocycles. The molecule has 1 saturated carbocycles. The molecule has 2 rings (SSSR count). The van der Waals surface area contributed by atoms with E-state index in [4.69, 9.17) is 0 Å². The minimum atomic E-state index is -3.56. The lowest BCUT2D eigenvalue weighted by Crippen LogP contribution is -2.39. The third-order valence-electron chi connectivity index (χ3n) is 4.13. The summed E-state index contributed by atoms with van der Waals surface area (Å²) in [6.45, 7) is 3.80. The Balaban J connectivity index is 2.02. The highest BCUT2D eigenvalue weighted by Gasteiger charge is 2.22. The van der Waals surface area contributed by atoms with Crippen molar-refractivity contribution >= 4 is 15.7 Å². The van der Waals surface area contributed by atoms with Crippen LogP contribution < -0.4 is 5.32 Å². The first kappa shape index (κ1) is 16.0. The van der Waals surface area contributed by atoms with Crippen molar-refractivity contribution in [1.82, 2.24) is 5.32 Å². The van der Waals surface area contributed by atoms with Crippen LogP contribution in [0.2, 0.25) is 0 Å². The quantitative estimate of drug-likeness (QED) is 0.929. The predicted molar refractivity (Wildman–Crippen MR) is 83.0 cm³/mol. The van der Waals surface area contributed by atoms with Gasteiger partial charge in [-0.15, -0.1) is 0 Å². The van der Waals surface area contributed by atoms with E-state index in [9.17, 15) is 13.2 Å². The Morgan fingerprint density at radius 1 is 1.14 bits per heavy atom. The van der Waals surface area contributed by atoms with Crippen molar-refractivity contribution in [3.05, 3.63) is 29.3 Å². The van der Waals surface area contributed by atoms with Crippen molar-refractivity contribution in [1.29, 1.82) is 0 Å². The summed E-state index contributed by atoms with van der Waals surface area (Å²) in [6.07, 6.45) is 5.32. The maximum Gasteiger partial charge on any atom is 0.235 e. The molecule has 0 saturated heterocycles. The monoisotopic (exact) mass is 309 g/mol. The molecule has 0 aliphatic heterocycles. The molecule has 0 spiro atoms. The van der Waals surface area contributed by atoms with E-state index in [2.05, 4.69) is 5.32 Å². The molecule has 4 nitrogen and oxygen atoms in total. The third kappa shape index (κ3) is 4.30. The summed E-state index contributed by atoms with van der Waals surface area (Å²) in [4.78, 5) is 12.2. The molecule has 1 amide bonds. The highest BCUT2D eigenvalue weighted by Crippen LogP contribution is 2.18. The van der Waals surface area contributed by atoms with Gasteiger partial charge in [0.05, 0.1) is 4.90 Å². The number of hydrogen-bond acceptors (Lipinski definition) is 3. The first-order valence-electron chi connectivity index (χ1n) is 7.48. The van der Waals surface area contributed by atoms with Crippen LogP contribution in [0.1, 0.15) is 43.2 Å². The molecule has 0 radical (unpaired) electrons. The Morgan fingerprint density at radius 2 is 1.81 bits per heavy atom. The van der Waals surface area contributed by atoms with Crippen LogP contribution in [0.4, 0.5) is 0 Å². The van der Waals surface area contributed by atoms with Crippen molar-refractivity contribution < 1.29 is 13.2 Å². The average molecular weight is 309 g/mol. The predicted octanol–water partition coefficient (Wildman–Crippen LogP) is 2.53. The first-order valence-corrected chi connectivity index (χ1v) is 9.13. The fourth-order valence-electron chi connectivity index (χ4n) is 2.68. The van der Waals surface area contributed by atoms with E-state index in [0.29, 0.717) is 0 Å². The smallest absolute Gasteiger partial charge is 0.235 e. The minimum Gasteiger partial charge on any atom is -0.352 e. The van der Waals surface area contributed by atoms with Gasteiger partial charge >= 0.3 is 0 Å². The van der Waals surface area contributed by atoms with Gasteiger partial charge in [0, 0.05) is 6.04 Å². The zero-order valence-electron chi connectivity index (χ0n) is 12.7. The van der Waals surface area contributed by atoms with Crippen LogP contribution in [0.5, 0.6) is 0 Å². The van der Waals surface area contributed by atoms with E-state index >= 15 is 0 Å².